The zero-order valence-corrected chi connectivity index (χ0v) is 11.5. The molecule has 0 radical (unpaired) electrons. The molecular formula is C11H9F3N6S. The lowest BCUT2D eigenvalue weighted by Gasteiger charge is -2.04. The van der Waals surface area contributed by atoms with E-state index in [1.165, 1.54) is 6.33 Å². The highest BCUT2D eigenvalue weighted by Gasteiger charge is 2.33. The fourth-order valence-electron chi connectivity index (χ4n) is 1.78. The van der Waals surface area contributed by atoms with Crippen LogP contribution in [-0.4, -0.2) is 24.7 Å². The summed E-state index contributed by atoms with van der Waals surface area (Å²) in [6.45, 7) is 0.155. The maximum absolute atomic E-state index is 12.5. The first-order valence-electron chi connectivity index (χ1n) is 5.83. The molecule has 6 nitrogen and oxygen atoms in total. The highest BCUT2D eigenvalue weighted by molar-refractivity contribution is 7.09. The molecule has 0 aromatic carbocycles. The minimum Gasteiger partial charge on any atom is -0.363 e. The number of aryl methyl sites for hydroxylation is 1. The number of fused-ring (bicyclic) bond motifs is 1. The number of aromatic nitrogens is 5. The van der Waals surface area contributed by atoms with E-state index in [0.29, 0.717) is 21.9 Å². The Balaban J connectivity index is 1.79. The number of nitrogens with one attached hydrogen (secondary N) is 1. The van der Waals surface area contributed by atoms with E-state index in [1.54, 1.807) is 17.9 Å². The number of rotatable bonds is 3. The molecule has 0 aliphatic carbocycles. The number of anilines is 1. The molecule has 3 aromatic rings. The Hall–Kier alpha value is -2.23. The Labute approximate surface area is 120 Å². The van der Waals surface area contributed by atoms with E-state index < -0.39 is 11.9 Å². The molecule has 0 saturated heterocycles. The quantitative estimate of drug-likeness (QED) is 0.804. The van der Waals surface area contributed by atoms with Gasteiger partial charge >= 0.3 is 6.18 Å². The summed E-state index contributed by atoms with van der Waals surface area (Å²) < 4.78 is 39.0. The van der Waals surface area contributed by atoms with Gasteiger partial charge in [0.1, 0.15) is 17.2 Å². The summed E-state index contributed by atoms with van der Waals surface area (Å²) in [5.74, 6) is 0.511. The molecule has 0 aliphatic rings. The molecule has 0 spiro atoms. The number of thiazole rings is 1. The zero-order valence-electron chi connectivity index (χ0n) is 10.7. The van der Waals surface area contributed by atoms with Gasteiger partial charge in [0.05, 0.1) is 18.1 Å². The van der Waals surface area contributed by atoms with Crippen molar-refractivity contribution in [1.29, 1.82) is 0 Å². The monoisotopic (exact) mass is 314 g/mol. The van der Waals surface area contributed by atoms with E-state index in [2.05, 4.69) is 25.4 Å². The van der Waals surface area contributed by atoms with Gasteiger partial charge in [-0.05, 0) is 0 Å². The highest BCUT2D eigenvalue weighted by Crippen LogP contribution is 2.30. The van der Waals surface area contributed by atoms with Gasteiger partial charge in [-0.1, -0.05) is 0 Å². The second-order valence-corrected chi connectivity index (χ2v) is 5.15. The van der Waals surface area contributed by atoms with Crippen LogP contribution in [-0.2, 0) is 19.8 Å². The summed E-state index contributed by atoms with van der Waals surface area (Å²) in [7, 11) is 1.75. The number of hydrogen-bond acceptors (Lipinski definition) is 6. The predicted octanol–water partition coefficient (Wildman–Crippen LogP) is 2.45. The molecule has 3 rings (SSSR count). The summed E-state index contributed by atoms with van der Waals surface area (Å²) in [6, 6.07) is 0. The van der Waals surface area contributed by atoms with E-state index in [-0.39, 0.29) is 6.54 Å². The van der Waals surface area contributed by atoms with Gasteiger partial charge in [-0.2, -0.15) is 18.3 Å². The number of alkyl halides is 3. The summed E-state index contributed by atoms with van der Waals surface area (Å²) in [5.41, 5.74) is -0.235. The van der Waals surface area contributed by atoms with Gasteiger partial charge in [0.2, 0.25) is 0 Å². The maximum Gasteiger partial charge on any atom is 0.434 e. The summed E-state index contributed by atoms with van der Waals surface area (Å²) >= 11 is 0.948. The third-order valence-electron chi connectivity index (χ3n) is 2.78. The molecule has 0 aliphatic heterocycles. The Bertz CT molecular complexity index is 778. The average Bonchev–Trinajstić information content (AvgIpc) is 3.04. The smallest absolute Gasteiger partial charge is 0.363 e. The normalized spacial score (nSPS) is 12.0. The highest BCUT2D eigenvalue weighted by atomic mass is 32.1. The van der Waals surface area contributed by atoms with Crippen LogP contribution in [0.1, 0.15) is 10.7 Å². The topological polar surface area (TPSA) is 68.5 Å². The molecule has 0 unspecified atom stereocenters. The van der Waals surface area contributed by atoms with Crippen molar-refractivity contribution in [1.82, 2.24) is 24.7 Å². The van der Waals surface area contributed by atoms with Gasteiger partial charge in [0.25, 0.3) is 0 Å². The number of nitrogens with zero attached hydrogens (tertiary/aromatic N) is 5. The van der Waals surface area contributed by atoms with E-state index >= 15 is 0 Å². The van der Waals surface area contributed by atoms with Crippen LogP contribution in [0.4, 0.5) is 19.0 Å². The second-order valence-electron chi connectivity index (χ2n) is 4.21. The van der Waals surface area contributed by atoms with Crippen molar-refractivity contribution in [3.63, 3.8) is 0 Å². The Morgan fingerprint density at radius 1 is 1.33 bits per heavy atom. The fourth-order valence-corrected chi connectivity index (χ4v) is 2.53. The lowest BCUT2D eigenvalue weighted by molar-refractivity contribution is -0.140. The standard InChI is InChI=1S/C11H9F3N6S/c1-20-10-6(2-18-20)9(16-5-17-10)15-3-8-19-7(4-21-8)11(12,13)14/h2,4-5H,3H2,1H3,(H,15,16,17). The van der Waals surface area contributed by atoms with Crippen molar-refractivity contribution in [3.05, 3.63) is 28.6 Å². The molecule has 21 heavy (non-hydrogen) atoms. The molecule has 3 heterocycles. The van der Waals surface area contributed by atoms with Crippen molar-refractivity contribution in [3.8, 4) is 0 Å². The van der Waals surface area contributed by atoms with Crippen LogP contribution in [0, 0.1) is 0 Å². The molecule has 3 aromatic heterocycles. The summed E-state index contributed by atoms with van der Waals surface area (Å²) in [4.78, 5) is 11.7. The molecule has 0 bridgehead atoms. The van der Waals surface area contributed by atoms with E-state index in [4.69, 9.17) is 0 Å². The molecule has 0 amide bonds. The van der Waals surface area contributed by atoms with Crippen LogP contribution in [0.25, 0.3) is 11.0 Å². The molecule has 0 atom stereocenters. The fraction of sp³-hybridized carbons (Fsp3) is 0.273. The summed E-state index contributed by atoms with van der Waals surface area (Å²) in [6.07, 6.45) is -1.45. The number of hydrogen-bond donors (Lipinski definition) is 1. The molecular weight excluding hydrogens is 305 g/mol. The average molecular weight is 314 g/mol. The molecule has 10 heteroatoms. The zero-order chi connectivity index (χ0) is 15.0. The van der Waals surface area contributed by atoms with Crippen molar-refractivity contribution >= 4 is 28.2 Å². The lowest BCUT2D eigenvalue weighted by Crippen LogP contribution is -2.07. The van der Waals surface area contributed by atoms with Gasteiger partial charge in [0, 0.05) is 12.4 Å². The summed E-state index contributed by atoms with van der Waals surface area (Å²) in [5, 5.41) is 9.05. The first kappa shape index (κ1) is 13.7. The van der Waals surface area contributed by atoms with Crippen molar-refractivity contribution in [2.75, 3.05) is 5.32 Å². The van der Waals surface area contributed by atoms with Crippen molar-refractivity contribution < 1.29 is 13.2 Å². The second kappa shape index (κ2) is 4.95. The van der Waals surface area contributed by atoms with Crippen molar-refractivity contribution in [2.24, 2.45) is 7.05 Å². The van der Waals surface area contributed by atoms with E-state index in [1.807, 2.05) is 0 Å². The minimum atomic E-state index is -4.42. The molecule has 110 valence electrons. The Morgan fingerprint density at radius 3 is 2.86 bits per heavy atom. The Morgan fingerprint density at radius 2 is 2.14 bits per heavy atom. The van der Waals surface area contributed by atoms with Gasteiger partial charge in [-0.15, -0.1) is 11.3 Å². The minimum absolute atomic E-state index is 0.155. The van der Waals surface area contributed by atoms with Crippen LogP contribution in [0.2, 0.25) is 0 Å². The van der Waals surface area contributed by atoms with E-state index in [9.17, 15) is 13.2 Å². The Kier molecular flexibility index (Phi) is 3.24. The predicted molar refractivity (Wildman–Crippen MR) is 70.7 cm³/mol. The van der Waals surface area contributed by atoms with Gasteiger partial charge in [0.15, 0.2) is 11.3 Å². The third-order valence-corrected chi connectivity index (χ3v) is 3.63. The molecule has 0 saturated carbocycles. The van der Waals surface area contributed by atoms with Crippen LogP contribution in [0.3, 0.4) is 0 Å². The van der Waals surface area contributed by atoms with Crippen LogP contribution < -0.4 is 5.32 Å². The maximum atomic E-state index is 12.5. The van der Waals surface area contributed by atoms with E-state index in [0.717, 1.165) is 16.7 Å². The van der Waals surface area contributed by atoms with Crippen LogP contribution in [0.5, 0.6) is 0 Å². The molecule has 0 fully saturated rings. The van der Waals surface area contributed by atoms with Gasteiger partial charge < -0.3 is 5.32 Å². The largest absolute Gasteiger partial charge is 0.434 e. The molecule has 1 N–H and O–H groups in total. The lowest BCUT2D eigenvalue weighted by atomic mass is 10.4. The number of halogens is 3. The first-order valence-corrected chi connectivity index (χ1v) is 6.71. The van der Waals surface area contributed by atoms with Gasteiger partial charge in [-0.3, -0.25) is 4.68 Å². The van der Waals surface area contributed by atoms with Crippen LogP contribution >= 0.6 is 11.3 Å². The van der Waals surface area contributed by atoms with Crippen molar-refractivity contribution in [2.45, 2.75) is 12.7 Å². The SMILES string of the molecule is Cn1ncc2c(NCc3nc(C(F)(F)F)cs3)ncnc21. The third kappa shape index (κ3) is 2.66. The van der Waals surface area contributed by atoms with Gasteiger partial charge in [-0.25, -0.2) is 15.0 Å². The first-order chi connectivity index (χ1) is 9.95. The van der Waals surface area contributed by atoms with Crippen LogP contribution in [0.15, 0.2) is 17.9 Å².